The summed E-state index contributed by atoms with van der Waals surface area (Å²) in [6.07, 6.45) is -0.0852. The molecule has 0 aliphatic rings. The van der Waals surface area contributed by atoms with Gasteiger partial charge in [0.15, 0.2) is 0 Å². The number of halogens is 1. The van der Waals surface area contributed by atoms with E-state index in [1.165, 1.54) is 0 Å². The van der Waals surface area contributed by atoms with Crippen molar-refractivity contribution in [2.45, 2.75) is 18.2 Å². The van der Waals surface area contributed by atoms with E-state index < -0.39 is 14.9 Å². The van der Waals surface area contributed by atoms with Gasteiger partial charge in [-0.1, -0.05) is 17.7 Å². The van der Waals surface area contributed by atoms with E-state index in [9.17, 15) is 23.3 Å². The van der Waals surface area contributed by atoms with Crippen LogP contribution in [-0.2, 0) is 14.8 Å². The Hall–Kier alpha value is -2.49. The van der Waals surface area contributed by atoms with E-state index in [0.717, 1.165) is 29.8 Å². The first kappa shape index (κ1) is 19.8. The van der Waals surface area contributed by atoms with Crippen LogP contribution in [-0.4, -0.2) is 25.8 Å². The minimum absolute atomic E-state index is 0.0852. The highest BCUT2D eigenvalue weighted by Gasteiger charge is 2.16. The average Bonchev–Trinajstić information content (AvgIpc) is 2.58. The van der Waals surface area contributed by atoms with E-state index in [0.29, 0.717) is 10.7 Å². The maximum atomic E-state index is 12.1. The number of benzene rings is 2. The molecule has 0 aliphatic carbocycles. The largest absolute Gasteiger partial charge is 0.326 e. The molecule has 0 saturated carbocycles. The average molecular weight is 398 g/mol. The van der Waals surface area contributed by atoms with Crippen molar-refractivity contribution in [3.8, 4) is 0 Å². The summed E-state index contributed by atoms with van der Waals surface area (Å²) in [5, 5.41) is 13.7. The number of nitrogens with one attached hydrogen (secondary N) is 2. The first-order chi connectivity index (χ1) is 12.2. The van der Waals surface area contributed by atoms with Gasteiger partial charge in [0.2, 0.25) is 15.9 Å². The molecule has 2 aromatic carbocycles. The Morgan fingerprint density at radius 1 is 1.19 bits per heavy atom. The monoisotopic (exact) mass is 397 g/mol. The van der Waals surface area contributed by atoms with Gasteiger partial charge in [-0.15, -0.1) is 0 Å². The number of anilines is 1. The highest BCUT2D eigenvalue weighted by molar-refractivity contribution is 7.89. The van der Waals surface area contributed by atoms with Crippen LogP contribution in [0.3, 0.4) is 0 Å². The molecule has 8 nitrogen and oxygen atoms in total. The third kappa shape index (κ3) is 5.25. The number of nitro groups is 1. The van der Waals surface area contributed by atoms with Crippen molar-refractivity contribution in [2.75, 3.05) is 11.9 Å². The van der Waals surface area contributed by atoms with Crippen molar-refractivity contribution >= 4 is 38.9 Å². The number of non-ortho nitro benzene ring substituents is 1. The second kappa shape index (κ2) is 8.26. The molecular formula is C16H16ClN3O5S. The van der Waals surface area contributed by atoms with Gasteiger partial charge in [0.1, 0.15) is 0 Å². The molecular weight excluding hydrogens is 382 g/mol. The van der Waals surface area contributed by atoms with Gasteiger partial charge in [0.25, 0.3) is 5.69 Å². The zero-order valence-electron chi connectivity index (χ0n) is 13.7. The SMILES string of the molecule is Cc1ccc(Cl)cc1NC(=O)CCNS(=O)(=O)c1ccc([N+](=O)[O-])cc1. The van der Waals surface area contributed by atoms with E-state index >= 15 is 0 Å². The lowest BCUT2D eigenvalue weighted by atomic mass is 10.2. The molecule has 0 radical (unpaired) electrons. The Kier molecular flexibility index (Phi) is 6.30. The summed E-state index contributed by atoms with van der Waals surface area (Å²) in [5.41, 5.74) is 1.18. The number of nitro benzene ring substituents is 1. The van der Waals surface area contributed by atoms with Gasteiger partial charge in [0.05, 0.1) is 9.82 Å². The molecule has 10 heteroatoms. The Balaban J connectivity index is 1.92. The lowest BCUT2D eigenvalue weighted by Gasteiger charge is -2.10. The van der Waals surface area contributed by atoms with E-state index in [-0.39, 0.29) is 29.5 Å². The van der Waals surface area contributed by atoms with E-state index in [1.807, 2.05) is 6.92 Å². The Labute approximate surface area is 155 Å². The number of nitrogens with zero attached hydrogens (tertiary/aromatic N) is 1. The molecule has 0 saturated heterocycles. The summed E-state index contributed by atoms with van der Waals surface area (Å²) < 4.78 is 26.5. The molecule has 1 amide bonds. The molecule has 2 aromatic rings. The summed E-state index contributed by atoms with van der Waals surface area (Å²) in [7, 11) is -3.86. The number of carbonyl (C=O) groups is 1. The maximum Gasteiger partial charge on any atom is 0.269 e. The minimum atomic E-state index is -3.86. The van der Waals surface area contributed by atoms with Crippen LogP contribution in [0, 0.1) is 17.0 Å². The molecule has 0 aromatic heterocycles. The molecule has 2 N–H and O–H groups in total. The Morgan fingerprint density at radius 3 is 2.46 bits per heavy atom. The van der Waals surface area contributed by atoms with Crippen molar-refractivity contribution in [3.63, 3.8) is 0 Å². The molecule has 138 valence electrons. The highest BCUT2D eigenvalue weighted by Crippen LogP contribution is 2.20. The van der Waals surface area contributed by atoms with Gasteiger partial charge in [-0.05, 0) is 36.8 Å². The lowest BCUT2D eigenvalue weighted by molar-refractivity contribution is -0.384. The molecule has 0 spiro atoms. The van der Waals surface area contributed by atoms with Gasteiger partial charge in [-0.25, -0.2) is 13.1 Å². The summed E-state index contributed by atoms with van der Waals surface area (Å²) >= 11 is 5.88. The van der Waals surface area contributed by atoms with Crippen LogP contribution in [0.1, 0.15) is 12.0 Å². The van der Waals surface area contributed by atoms with Crippen molar-refractivity contribution in [3.05, 3.63) is 63.2 Å². The van der Waals surface area contributed by atoms with E-state index in [1.54, 1.807) is 18.2 Å². The summed E-state index contributed by atoms with van der Waals surface area (Å²) in [6.45, 7) is 1.69. The molecule has 0 fully saturated rings. The first-order valence-electron chi connectivity index (χ1n) is 7.49. The van der Waals surface area contributed by atoms with Crippen molar-refractivity contribution in [1.82, 2.24) is 4.72 Å². The lowest BCUT2D eigenvalue weighted by Crippen LogP contribution is -2.28. The highest BCUT2D eigenvalue weighted by atomic mass is 35.5. The van der Waals surface area contributed by atoms with Gasteiger partial charge >= 0.3 is 0 Å². The second-order valence-corrected chi connectivity index (χ2v) is 7.61. The van der Waals surface area contributed by atoms with Crippen LogP contribution in [0.5, 0.6) is 0 Å². The maximum absolute atomic E-state index is 12.1. The second-order valence-electron chi connectivity index (χ2n) is 5.41. The van der Waals surface area contributed by atoms with Gasteiger partial charge in [0, 0.05) is 35.8 Å². The fourth-order valence-corrected chi connectivity index (χ4v) is 3.27. The Bertz CT molecular complexity index is 929. The number of hydrogen-bond acceptors (Lipinski definition) is 5. The molecule has 0 unspecified atom stereocenters. The van der Waals surface area contributed by atoms with Crippen LogP contribution >= 0.6 is 11.6 Å². The number of carbonyl (C=O) groups excluding carboxylic acids is 1. The van der Waals surface area contributed by atoms with Crippen molar-refractivity contribution < 1.29 is 18.1 Å². The molecule has 0 heterocycles. The number of hydrogen-bond donors (Lipinski definition) is 2. The predicted octanol–water partition coefficient (Wildman–Crippen LogP) is 2.86. The number of amides is 1. The number of rotatable bonds is 7. The zero-order valence-corrected chi connectivity index (χ0v) is 15.3. The van der Waals surface area contributed by atoms with E-state index in [2.05, 4.69) is 10.0 Å². The van der Waals surface area contributed by atoms with Gasteiger partial charge < -0.3 is 5.32 Å². The van der Waals surface area contributed by atoms with Gasteiger partial charge in [-0.2, -0.15) is 0 Å². The zero-order chi connectivity index (χ0) is 19.3. The normalized spacial score (nSPS) is 11.2. The van der Waals surface area contributed by atoms with Crippen LogP contribution in [0.4, 0.5) is 11.4 Å². The molecule has 2 rings (SSSR count). The summed E-state index contributed by atoms with van der Waals surface area (Å²) in [5.74, 6) is -0.373. The molecule has 26 heavy (non-hydrogen) atoms. The number of sulfonamides is 1. The predicted molar refractivity (Wildman–Crippen MR) is 97.7 cm³/mol. The van der Waals surface area contributed by atoms with Crippen LogP contribution in [0.2, 0.25) is 5.02 Å². The summed E-state index contributed by atoms with van der Waals surface area (Å²) in [6, 6.07) is 9.54. The first-order valence-corrected chi connectivity index (χ1v) is 9.35. The van der Waals surface area contributed by atoms with Crippen LogP contribution in [0.15, 0.2) is 47.4 Å². The fourth-order valence-electron chi connectivity index (χ4n) is 2.07. The van der Waals surface area contributed by atoms with Crippen molar-refractivity contribution in [2.24, 2.45) is 0 Å². The van der Waals surface area contributed by atoms with Gasteiger partial charge in [-0.3, -0.25) is 14.9 Å². The number of aryl methyl sites for hydroxylation is 1. The molecule has 0 atom stereocenters. The van der Waals surface area contributed by atoms with Crippen LogP contribution in [0.25, 0.3) is 0 Å². The van der Waals surface area contributed by atoms with Crippen molar-refractivity contribution in [1.29, 1.82) is 0 Å². The fraction of sp³-hybridized carbons (Fsp3) is 0.188. The summed E-state index contributed by atoms with van der Waals surface area (Å²) in [4.78, 5) is 21.8. The Morgan fingerprint density at radius 2 is 1.85 bits per heavy atom. The van der Waals surface area contributed by atoms with E-state index in [4.69, 9.17) is 11.6 Å². The minimum Gasteiger partial charge on any atom is -0.326 e. The third-order valence-corrected chi connectivity index (χ3v) is 5.19. The molecule has 0 aliphatic heterocycles. The quantitative estimate of drug-likeness (QED) is 0.550. The van der Waals surface area contributed by atoms with Crippen LogP contribution < -0.4 is 10.0 Å². The molecule has 0 bridgehead atoms. The standard InChI is InChI=1S/C16H16ClN3O5S/c1-11-2-3-12(17)10-15(11)19-16(21)8-9-18-26(24,25)14-6-4-13(5-7-14)20(22)23/h2-7,10,18H,8-9H2,1H3,(H,19,21). The topological polar surface area (TPSA) is 118 Å². The smallest absolute Gasteiger partial charge is 0.269 e. The third-order valence-electron chi connectivity index (χ3n) is 3.48.